The van der Waals surface area contributed by atoms with Gasteiger partial charge in [-0.1, -0.05) is 60.7 Å². The second kappa shape index (κ2) is 9.67. The number of hydrogen-bond acceptors (Lipinski definition) is 5. The van der Waals surface area contributed by atoms with Gasteiger partial charge in [0.25, 0.3) is 5.91 Å². The third kappa shape index (κ3) is 4.73. The van der Waals surface area contributed by atoms with Gasteiger partial charge in [0, 0.05) is 37.1 Å². The number of para-hydroxylation sites is 1. The van der Waals surface area contributed by atoms with E-state index in [0.29, 0.717) is 25.3 Å². The number of fused-ring (bicyclic) bond motifs is 2. The summed E-state index contributed by atoms with van der Waals surface area (Å²) in [6.07, 6.45) is -0.641. The van der Waals surface area contributed by atoms with Crippen LogP contribution in [0.2, 0.25) is 0 Å². The van der Waals surface area contributed by atoms with E-state index < -0.39 is 6.10 Å². The molecule has 6 nitrogen and oxygen atoms in total. The molecular formula is C27H27N3O3. The van der Waals surface area contributed by atoms with E-state index in [1.54, 1.807) is 0 Å². The van der Waals surface area contributed by atoms with Gasteiger partial charge in [-0.3, -0.25) is 9.69 Å². The first-order chi connectivity index (χ1) is 16.2. The number of morpholine rings is 1. The third-order valence-corrected chi connectivity index (χ3v) is 6.10. The van der Waals surface area contributed by atoms with E-state index in [1.807, 2.05) is 54.6 Å². The van der Waals surface area contributed by atoms with Crippen LogP contribution in [0.4, 0.5) is 0 Å². The molecule has 33 heavy (non-hydrogen) atoms. The van der Waals surface area contributed by atoms with Gasteiger partial charge in [-0.15, -0.1) is 0 Å². The minimum atomic E-state index is -0.641. The van der Waals surface area contributed by atoms with Crippen molar-refractivity contribution in [1.82, 2.24) is 15.2 Å². The Morgan fingerprint density at radius 1 is 1.00 bits per heavy atom. The van der Waals surface area contributed by atoms with Crippen LogP contribution in [0.15, 0.2) is 72.8 Å². The van der Waals surface area contributed by atoms with Crippen LogP contribution in [-0.4, -0.2) is 66.4 Å². The summed E-state index contributed by atoms with van der Waals surface area (Å²) in [5.41, 5.74) is 3.06. The maximum Gasteiger partial charge on any atom is 0.252 e. The molecule has 6 heteroatoms. The zero-order chi connectivity index (χ0) is 22.6. The molecule has 0 spiro atoms. The molecule has 1 amide bonds. The average Bonchev–Trinajstić information content (AvgIpc) is 2.87. The molecule has 1 saturated heterocycles. The number of nitrogens with zero attached hydrogens (tertiary/aromatic N) is 2. The SMILES string of the molecule is O=C(NCC(O)CN1CCOCC1)c1cc(-c2cccc3ccccc23)nc2ccccc12. The van der Waals surface area contributed by atoms with Gasteiger partial charge in [0.2, 0.25) is 0 Å². The molecule has 0 saturated carbocycles. The molecule has 1 aromatic heterocycles. The summed E-state index contributed by atoms with van der Waals surface area (Å²) in [6, 6.07) is 23.8. The number of pyridine rings is 1. The van der Waals surface area contributed by atoms with Gasteiger partial charge in [0.05, 0.1) is 36.1 Å². The van der Waals surface area contributed by atoms with Crippen molar-refractivity contribution in [3.63, 3.8) is 0 Å². The average molecular weight is 442 g/mol. The van der Waals surface area contributed by atoms with Crippen LogP contribution < -0.4 is 5.32 Å². The molecule has 1 aliphatic heterocycles. The molecule has 4 aromatic rings. The molecular weight excluding hydrogens is 414 g/mol. The molecule has 5 rings (SSSR count). The molecule has 1 fully saturated rings. The lowest BCUT2D eigenvalue weighted by Gasteiger charge is -2.28. The predicted octanol–water partition coefficient (Wildman–Crippen LogP) is 3.48. The van der Waals surface area contributed by atoms with Gasteiger partial charge in [-0.2, -0.15) is 0 Å². The van der Waals surface area contributed by atoms with Crippen LogP contribution in [0.5, 0.6) is 0 Å². The molecule has 0 bridgehead atoms. The number of rotatable bonds is 6. The van der Waals surface area contributed by atoms with E-state index in [4.69, 9.17) is 9.72 Å². The van der Waals surface area contributed by atoms with Crippen molar-refractivity contribution in [2.45, 2.75) is 6.10 Å². The van der Waals surface area contributed by atoms with Crippen LogP contribution in [0.3, 0.4) is 0 Å². The Hall–Kier alpha value is -3.32. The van der Waals surface area contributed by atoms with Gasteiger partial charge in [-0.25, -0.2) is 4.98 Å². The first kappa shape index (κ1) is 21.5. The Balaban J connectivity index is 1.43. The highest BCUT2D eigenvalue weighted by molar-refractivity contribution is 6.08. The Morgan fingerprint density at radius 2 is 1.73 bits per heavy atom. The van der Waals surface area contributed by atoms with Crippen molar-refractivity contribution in [1.29, 1.82) is 0 Å². The van der Waals surface area contributed by atoms with Crippen LogP contribution in [0.25, 0.3) is 32.9 Å². The normalized spacial score (nSPS) is 15.5. The minimum absolute atomic E-state index is 0.191. The second-order valence-electron chi connectivity index (χ2n) is 8.38. The maximum atomic E-state index is 13.2. The molecule has 2 heterocycles. The van der Waals surface area contributed by atoms with Crippen molar-refractivity contribution < 1.29 is 14.6 Å². The number of carbonyl (C=O) groups excluding carboxylic acids is 1. The lowest BCUT2D eigenvalue weighted by Crippen LogP contribution is -2.44. The number of hydrogen-bond donors (Lipinski definition) is 2. The number of aromatic nitrogens is 1. The number of amides is 1. The first-order valence-electron chi connectivity index (χ1n) is 11.3. The quantitative estimate of drug-likeness (QED) is 0.479. The summed E-state index contributed by atoms with van der Waals surface area (Å²) in [7, 11) is 0. The number of aliphatic hydroxyl groups excluding tert-OH is 1. The number of carbonyl (C=O) groups is 1. The van der Waals surface area contributed by atoms with Crippen LogP contribution in [0.1, 0.15) is 10.4 Å². The van der Waals surface area contributed by atoms with E-state index in [-0.39, 0.29) is 12.5 Å². The highest BCUT2D eigenvalue weighted by Gasteiger charge is 2.18. The lowest BCUT2D eigenvalue weighted by molar-refractivity contribution is 0.0149. The van der Waals surface area contributed by atoms with Gasteiger partial charge in [0.1, 0.15) is 0 Å². The zero-order valence-corrected chi connectivity index (χ0v) is 18.4. The first-order valence-corrected chi connectivity index (χ1v) is 11.3. The molecule has 0 radical (unpaired) electrons. The van der Waals surface area contributed by atoms with E-state index >= 15 is 0 Å². The van der Waals surface area contributed by atoms with Gasteiger partial charge >= 0.3 is 0 Å². The summed E-state index contributed by atoms with van der Waals surface area (Å²) in [6.45, 7) is 3.67. The summed E-state index contributed by atoms with van der Waals surface area (Å²) in [4.78, 5) is 20.2. The zero-order valence-electron chi connectivity index (χ0n) is 18.4. The van der Waals surface area contributed by atoms with Crippen molar-refractivity contribution in [3.05, 3.63) is 78.4 Å². The summed E-state index contributed by atoms with van der Waals surface area (Å²) >= 11 is 0. The van der Waals surface area contributed by atoms with Crippen LogP contribution >= 0.6 is 0 Å². The fourth-order valence-electron chi connectivity index (χ4n) is 4.40. The Morgan fingerprint density at radius 3 is 2.58 bits per heavy atom. The van der Waals surface area contributed by atoms with Crippen LogP contribution in [0, 0.1) is 0 Å². The predicted molar refractivity (Wildman–Crippen MR) is 130 cm³/mol. The number of benzene rings is 3. The van der Waals surface area contributed by atoms with Gasteiger partial charge in [0.15, 0.2) is 0 Å². The molecule has 168 valence electrons. The van der Waals surface area contributed by atoms with Crippen molar-refractivity contribution in [2.75, 3.05) is 39.4 Å². The smallest absolute Gasteiger partial charge is 0.252 e. The van der Waals surface area contributed by atoms with Crippen LogP contribution in [-0.2, 0) is 4.74 Å². The number of ether oxygens (including phenoxy) is 1. The molecule has 3 aromatic carbocycles. The Bertz CT molecular complexity index is 1280. The standard InChI is InChI=1S/C27H27N3O3/c31-20(18-30-12-14-33-15-13-30)17-28-27(32)24-16-26(29-25-11-4-3-9-23(24)25)22-10-5-7-19-6-1-2-8-21(19)22/h1-11,16,20,31H,12-15,17-18H2,(H,28,32). The molecule has 1 unspecified atom stereocenters. The van der Waals surface area contributed by atoms with Crippen molar-refractivity contribution in [2.24, 2.45) is 0 Å². The van der Waals surface area contributed by atoms with E-state index in [9.17, 15) is 9.90 Å². The molecule has 1 aliphatic rings. The van der Waals surface area contributed by atoms with Gasteiger partial charge in [-0.05, 0) is 22.9 Å². The van der Waals surface area contributed by atoms with Gasteiger partial charge < -0.3 is 15.2 Å². The maximum absolute atomic E-state index is 13.2. The molecule has 0 aliphatic carbocycles. The van der Waals surface area contributed by atoms with Crippen molar-refractivity contribution >= 4 is 27.6 Å². The van der Waals surface area contributed by atoms with E-state index in [0.717, 1.165) is 46.0 Å². The fraction of sp³-hybridized carbons (Fsp3) is 0.259. The molecule has 2 N–H and O–H groups in total. The third-order valence-electron chi connectivity index (χ3n) is 6.10. The molecule has 1 atom stereocenters. The monoisotopic (exact) mass is 441 g/mol. The van der Waals surface area contributed by atoms with E-state index in [2.05, 4.69) is 28.4 Å². The highest BCUT2D eigenvalue weighted by Crippen LogP contribution is 2.30. The van der Waals surface area contributed by atoms with Crippen molar-refractivity contribution in [3.8, 4) is 11.3 Å². The highest BCUT2D eigenvalue weighted by atomic mass is 16.5. The minimum Gasteiger partial charge on any atom is -0.390 e. The number of β-amino-alcohol motifs (C(OH)–C–C–N with tert-alkyl or cyclic N) is 1. The Kier molecular flexibility index (Phi) is 6.30. The summed E-state index contributed by atoms with van der Waals surface area (Å²) < 4.78 is 5.35. The lowest BCUT2D eigenvalue weighted by atomic mass is 9.99. The fourth-order valence-corrected chi connectivity index (χ4v) is 4.40. The summed E-state index contributed by atoms with van der Waals surface area (Å²) in [5, 5.41) is 16.4. The largest absolute Gasteiger partial charge is 0.390 e. The Labute approximate surface area is 192 Å². The number of nitrogens with one attached hydrogen (secondary N) is 1. The van der Waals surface area contributed by atoms with E-state index in [1.165, 1.54) is 0 Å². The second-order valence-corrected chi connectivity index (χ2v) is 8.38. The topological polar surface area (TPSA) is 74.7 Å². The number of aliphatic hydroxyl groups is 1. The summed E-state index contributed by atoms with van der Waals surface area (Å²) in [5.74, 6) is -0.212.